The van der Waals surface area contributed by atoms with Gasteiger partial charge in [0.05, 0.1) is 12.4 Å². The van der Waals surface area contributed by atoms with E-state index in [1.807, 2.05) is 31.2 Å². The van der Waals surface area contributed by atoms with Crippen molar-refractivity contribution < 1.29 is 22.7 Å². The monoisotopic (exact) mass is 367 g/mol. The molecule has 0 saturated carbocycles. The zero-order valence-corrected chi connectivity index (χ0v) is 14.3. The van der Waals surface area contributed by atoms with Gasteiger partial charge < -0.3 is 9.64 Å². The van der Waals surface area contributed by atoms with Crippen LogP contribution >= 0.6 is 11.8 Å². The van der Waals surface area contributed by atoms with Crippen LogP contribution in [0.1, 0.15) is 23.4 Å². The normalized spacial score (nSPS) is 17.2. The average Bonchev–Trinajstić information content (AvgIpc) is 2.94. The van der Waals surface area contributed by atoms with Crippen molar-refractivity contribution in [1.82, 2.24) is 4.90 Å². The Bertz CT molecular complexity index is 777. The maximum atomic E-state index is 13.5. The summed E-state index contributed by atoms with van der Waals surface area (Å²) in [7, 11) is 0. The van der Waals surface area contributed by atoms with Crippen molar-refractivity contribution in [3.63, 3.8) is 0 Å². The second-order valence-electron chi connectivity index (χ2n) is 5.53. The molecule has 0 aromatic heterocycles. The van der Waals surface area contributed by atoms with Gasteiger partial charge in [0.15, 0.2) is 17.5 Å². The predicted octanol–water partition coefficient (Wildman–Crippen LogP) is 4.28. The van der Waals surface area contributed by atoms with Gasteiger partial charge in [-0.2, -0.15) is 0 Å². The molecule has 1 unspecified atom stereocenters. The summed E-state index contributed by atoms with van der Waals surface area (Å²) in [6.07, 6.45) is 0. The minimum atomic E-state index is -1.51. The predicted molar refractivity (Wildman–Crippen MR) is 89.7 cm³/mol. The second kappa shape index (κ2) is 7.39. The Labute approximate surface area is 147 Å². The molecule has 1 atom stereocenters. The summed E-state index contributed by atoms with van der Waals surface area (Å²) in [6.45, 7) is 2.34. The Morgan fingerprint density at radius 2 is 1.88 bits per heavy atom. The summed E-state index contributed by atoms with van der Waals surface area (Å²) in [5, 5.41) is -0.327. The molecular formula is C18H16F3NO2S. The third-order valence-corrected chi connectivity index (χ3v) is 5.09. The topological polar surface area (TPSA) is 29.5 Å². The summed E-state index contributed by atoms with van der Waals surface area (Å²) >= 11 is 1.42. The fourth-order valence-corrected chi connectivity index (χ4v) is 3.96. The van der Waals surface area contributed by atoms with E-state index in [1.165, 1.54) is 16.7 Å². The van der Waals surface area contributed by atoms with Crippen LogP contribution in [0.4, 0.5) is 13.2 Å². The number of amides is 1. The van der Waals surface area contributed by atoms with Gasteiger partial charge in [0.25, 0.3) is 0 Å². The molecule has 1 amide bonds. The van der Waals surface area contributed by atoms with Crippen LogP contribution in [0.2, 0.25) is 0 Å². The summed E-state index contributed by atoms with van der Waals surface area (Å²) in [5.74, 6) is -3.26. The molecule has 132 valence electrons. The number of para-hydroxylation sites is 1. The molecule has 0 bridgehead atoms. The van der Waals surface area contributed by atoms with Crippen molar-refractivity contribution in [2.45, 2.75) is 18.8 Å². The van der Waals surface area contributed by atoms with Gasteiger partial charge in [-0.1, -0.05) is 18.2 Å². The minimum Gasteiger partial charge on any atom is -0.493 e. The molecule has 2 aromatic rings. The zero-order chi connectivity index (χ0) is 18.0. The van der Waals surface area contributed by atoms with Crippen LogP contribution in [0.25, 0.3) is 0 Å². The molecule has 0 spiro atoms. The van der Waals surface area contributed by atoms with Crippen LogP contribution < -0.4 is 4.74 Å². The van der Waals surface area contributed by atoms with E-state index < -0.39 is 17.5 Å². The summed E-state index contributed by atoms with van der Waals surface area (Å²) < 4.78 is 45.6. The van der Waals surface area contributed by atoms with Crippen LogP contribution in [0.3, 0.4) is 0 Å². The largest absolute Gasteiger partial charge is 0.493 e. The van der Waals surface area contributed by atoms with Gasteiger partial charge in [-0.15, -0.1) is 11.8 Å². The van der Waals surface area contributed by atoms with Crippen molar-refractivity contribution >= 4 is 17.7 Å². The van der Waals surface area contributed by atoms with E-state index in [2.05, 4.69) is 0 Å². The van der Waals surface area contributed by atoms with E-state index in [4.69, 9.17) is 4.74 Å². The van der Waals surface area contributed by atoms with Crippen molar-refractivity contribution in [1.29, 1.82) is 0 Å². The maximum absolute atomic E-state index is 13.5. The van der Waals surface area contributed by atoms with Crippen LogP contribution in [0.5, 0.6) is 5.75 Å². The number of nitrogens with zero attached hydrogens (tertiary/aromatic N) is 1. The first kappa shape index (κ1) is 17.7. The number of hydrogen-bond donors (Lipinski definition) is 0. The third-order valence-electron chi connectivity index (χ3n) is 3.85. The molecule has 7 heteroatoms. The van der Waals surface area contributed by atoms with E-state index in [1.54, 1.807) is 0 Å². The first-order valence-electron chi connectivity index (χ1n) is 7.77. The van der Waals surface area contributed by atoms with Gasteiger partial charge in [-0.05, 0) is 30.7 Å². The first-order valence-corrected chi connectivity index (χ1v) is 8.82. The lowest BCUT2D eigenvalue weighted by Crippen LogP contribution is -2.28. The van der Waals surface area contributed by atoms with Crippen molar-refractivity contribution in [2.75, 3.05) is 12.4 Å². The number of carbonyl (C=O) groups is 1. The molecule has 1 heterocycles. The van der Waals surface area contributed by atoms with Gasteiger partial charge in [-0.3, -0.25) is 4.79 Å². The van der Waals surface area contributed by atoms with Gasteiger partial charge in [0.2, 0.25) is 5.91 Å². The Hall–Kier alpha value is -2.15. The van der Waals surface area contributed by atoms with Gasteiger partial charge in [-0.25, -0.2) is 13.2 Å². The molecule has 25 heavy (non-hydrogen) atoms. The molecule has 1 saturated heterocycles. The number of benzene rings is 2. The smallest absolute Gasteiger partial charge is 0.234 e. The van der Waals surface area contributed by atoms with E-state index >= 15 is 0 Å². The molecule has 2 aromatic carbocycles. The van der Waals surface area contributed by atoms with Gasteiger partial charge in [0.1, 0.15) is 11.1 Å². The molecular weight excluding hydrogens is 351 g/mol. The van der Waals surface area contributed by atoms with Crippen molar-refractivity contribution in [3.05, 3.63) is 65.0 Å². The summed E-state index contributed by atoms with van der Waals surface area (Å²) in [5.41, 5.74) is 1.02. The van der Waals surface area contributed by atoms with E-state index in [9.17, 15) is 18.0 Å². The van der Waals surface area contributed by atoms with Crippen molar-refractivity contribution in [3.8, 4) is 5.75 Å². The lowest BCUT2D eigenvalue weighted by molar-refractivity contribution is -0.128. The van der Waals surface area contributed by atoms with Crippen LogP contribution in [0.15, 0.2) is 36.4 Å². The first-order chi connectivity index (χ1) is 12.0. The maximum Gasteiger partial charge on any atom is 0.234 e. The fraction of sp³-hybridized carbons (Fsp3) is 0.278. The third kappa shape index (κ3) is 3.61. The average molecular weight is 367 g/mol. The number of halogens is 3. The van der Waals surface area contributed by atoms with E-state index in [-0.39, 0.29) is 29.1 Å². The second-order valence-corrected chi connectivity index (χ2v) is 6.60. The highest BCUT2D eigenvalue weighted by Crippen LogP contribution is 2.43. The Kier molecular flexibility index (Phi) is 5.22. The molecule has 0 N–H and O–H groups in total. The van der Waals surface area contributed by atoms with Crippen molar-refractivity contribution in [2.24, 2.45) is 0 Å². The molecule has 0 radical (unpaired) electrons. The highest BCUT2D eigenvalue weighted by Gasteiger charge is 2.34. The molecule has 3 nitrogen and oxygen atoms in total. The SMILES string of the molecule is CCOc1ccccc1C1SCC(=O)N1Cc1cc(F)c(F)c(F)c1. The highest BCUT2D eigenvalue weighted by molar-refractivity contribution is 8.00. The van der Waals surface area contributed by atoms with E-state index in [0.717, 1.165) is 17.7 Å². The van der Waals surface area contributed by atoms with Crippen LogP contribution in [-0.2, 0) is 11.3 Å². The number of ether oxygens (including phenoxy) is 1. The number of carbonyl (C=O) groups excluding carboxylic acids is 1. The fourth-order valence-electron chi connectivity index (χ4n) is 2.75. The molecule has 1 aliphatic rings. The van der Waals surface area contributed by atoms with E-state index in [0.29, 0.717) is 12.4 Å². The van der Waals surface area contributed by atoms with Gasteiger partial charge >= 0.3 is 0 Å². The molecule has 3 rings (SSSR count). The van der Waals surface area contributed by atoms with Crippen LogP contribution in [0, 0.1) is 17.5 Å². The summed E-state index contributed by atoms with van der Waals surface area (Å²) in [6, 6.07) is 9.19. The Balaban J connectivity index is 1.91. The van der Waals surface area contributed by atoms with Gasteiger partial charge in [0, 0.05) is 12.1 Å². The molecule has 1 fully saturated rings. The number of hydrogen-bond acceptors (Lipinski definition) is 3. The zero-order valence-electron chi connectivity index (χ0n) is 13.5. The molecule has 1 aliphatic heterocycles. The number of thioether (sulfide) groups is 1. The quantitative estimate of drug-likeness (QED) is 0.739. The minimum absolute atomic E-state index is 0.00885. The van der Waals surface area contributed by atoms with Crippen LogP contribution in [-0.4, -0.2) is 23.2 Å². The standard InChI is InChI=1S/C18H16F3NO2S/c1-2-24-15-6-4-3-5-12(15)18-22(16(23)10-25-18)9-11-7-13(19)17(21)14(20)8-11/h3-8,18H,2,9-10H2,1H3. The lowest BCUT2D eigenvalue weighted by Gasteiger charge is -2.26. The molecule has 0 aliphatic carbocycles. The Morgan fingerprint density at radius 3 is 2.56 bits per heavy atom. The highest BCUT2D eigenvalue weighted by atomic mass is 32.2. The number of rotatable bonds is 5. The Morgan fingerprint density at radius 1 is 1.20 bits per heavy atom. The lowest BCUT2D eigenvalue weighted by atomic mass is 10.1. The summed E-state index contributed by atoms with van der Waals surface area (Å²) in [4.78, 5) is 13.8.